The summed E-state index contributed by atoms with van der Waals surface area (Å²) in [4.78, 5) is 49.8. The van der Waals surface area contributed by atoms with Crippen molar-refractivity contribution in [3.05, 3.63) is 59.7 Å². The second-order valence-corrected chi connectivity index (χ2v) is 8.60. The number of benzene rings is 2. The van der Waals surface area contributed by atoms with Crippen LogP contribution in [0.5, 0.6) is 11.5 Å². The van der Waals surface area contributed by atoms with Crippen LogP contribution in [0.1, 0.15) is 11.1 Å². The summed E-state index contributed by atoms with van der Waals surface area (Å²) in [6, 6.07) is 6.62. The molecule has 0 heterocycles. The van der Waals surface area contributed by atoms with Crippen molar-refractivity contribution in [3.8, 4) is 11.5 Å². The van der Waals surface area contributed by atoms with E-state index in [1.54, 1.807) is 0 Å². The molecule has 2 rings (SSSR count). The Balaban J connectivity index is 2.13. The highest BCUT2D eigenvalue weighted by atomic mass is 32.1. The smallest absolute Gasteiger partial charge is 0.326 e. The van der Waals surface area contributed by atoms with Crippen LogP contribution < -0.4 is 21.7 Å². The van der Waals surface area contributed by atoms with Gasteiger partial charge < -0.3 is 42.1 Å². The summed E-state index contributed by atoms with van der Waals surface area (Å²) >= 11 is 4.09. The molecule has 0 bridgehead atoms. The van der Waals surface area contributed by atoms with Crippen molar-refractivity contribution in [2.24, 2.45) is 5.73 Å². The third-order valence-corrected chi connectivity index (χ3v) is 5.71. The minimum atomic E-state index is -1.33. The molecule has 4 unspecified atom stereocenters. The van der Waals surface area contributed by atoms with Crippen LogP contribution >= 0.6 is 12.6 Å². The first kappa shape index (κ1) is 29.4. The molecular weight excluding hydrogens is 504 g/mol. The molecule has 2 aromatic rings. The molecular formula is C24H30N4O8S. The summed E-state index contributed by atoms with van der Waals surface area (Å²) in [6.07, 6.45) is -0.108. The molecule has 4 atom stereocenters. The minimum absolute atomic E-state index is 0.00295. The Morgan fingerprint density at radius 1 is 0.730 bits per heavy atom. The van der Waals surface area contributed by atoms with Gasteiger partial charge in [-0.1, -0.05) is 24.3 Å². The Bertz CT molecular complexity index is 1080. The number of carbonyl (C=O) groups is 4. The lowest BCUT2D eigenvalue weighted by molar-refractivity contribution is -0.142. The number of aromatic hydroxyl groups is 2. The van der Waals surface area contributed by atoms with E-state index in [1.165, 1.54) is 48.5 Å². The van der Waals surface area contributed by atoms with Crippen LogP contribution in [0.25, 0.3) is 0 Å². The van der Waals surface area contributed by atoms with E-state index in [1.807, 2.05) is 0 Å². The van der Waals surface area contributed by atoms with Gasteiger partial charge in [-0.25, -0.2) is 4.79 Å². The summed E-state index contributed by atoms with van der Waals surface area (Å²) in [5.74, 6) is -3.86. The van der Waals surface area contributed by atoms with Gasteiger partial charge in [0.2, 0.25) is 17.7 Å². The van der Waals surface area contributed by atoms with Crippen LogP contribution in [0, 0.1) is 0 Å². The number of phenols is 2. The zero-order valence-electron chi connectivity index (χ0n) is 19.7. The Morgan fingerprint density at radius 3 is 1.57 bits per heavy atom. The zero-order chi connectivity index (χ0) is 27.5. The van der Waals surface area contributed by atoms with Gasteiger partial charge in [0.25, 0.3) is 0 Å². The third-order valence-electron chi connectivity index (χ3n) is 5.35. The SMILES string of the molecule is NC(CO)C(=O)NC(Cc1ccc(O)cc1)C(=O)NC(CS)C(=O)NC(Cc1ccc(O)cc1)C(=O)O. The Labute approximate surface area is 218 Å². The summed E-state index contributed by atoms with van der Waals surface area (Å²) in [5, 5.41) is 44.8. The van der Waals surface area contributed by atoms with Gasteiger partial charge in [0.05, 0.1) is 6.61 Å². The maximum absolute atomic E-state index is 13.0. The van der Waals surface area contributed by atoms with Crippen molar-refractivity contribution in [2.45, 2.75) is 37.0 Å². The number of nitrogens with two attached hydrogens (primary N) is 1. The van der Waals surface area contributed by atoms with Crippen molar-refractivity contribution in [3.63, 3.8) is 0 Å². The third kappa shape index (κ3) is 9.29. The number of thiol groups is 1. The largest absolute Gasteiger partial charge is 0.508 e. The Hall–Kier alpha value is -3.81. The lowest BCUT2D eigenvalue weighted by Gasteiger charge is -2.24. The maximum Gasteiger partial charge on any atom is 0.326 e. The van der Waals surface area contributed by atoms with Crippen LogP contribution in [0.2, 0.25) is 0 Å². The van der Waals surface area contributed by atoms with Gasteiger partial charge in [-0.3, -0.25) is 14.4 Å². The predicted molar refractivity (Wildman–Crippen MR) is 136 cm³/mol. The number of amides is 3. The van der Waals surface area contributed by atoms with Gasteiger partial charge in [0.1, 0.15) is 35.7 Å². The van der Waals surface area contributed by atoms with E-state index < -0.39 is 54.5 Å². The number of hydrogen-bond acceptors (Lipinski definition) is 9. The zero-order valence-corrected chi connectivity index (χ0v) is 20.6. The molecule has 0 aliphatic carbocycles. The average molecular weight is 535 g/mol. The number of hydrogen-bond donors (Lipinski definition) is 9. The molecule has 12 nitrogen and oxygen atoms in total. The first-order valence-corrected chi connectivity index (χ1v) is 11.8. The van der Waals surface area contributed by atoms with Gasteiger partial charge >= 0.3 is 5.97 Å². The molecule has 0 saturated heterocycles. The number of phenolic OH excluding ortho intramolecular Hbond substituents is 2. The molecule has 0 spiro atoms. The van der Waals surface area contributed by atoms with Crippen molar-refractivity contribution >= 4 is 36.3 Å². The first-order valence-electron chi connectivity index (χ1n) is 11.2. The normalized spacial score (nSPS) is 14.0. The van der Waals surface area contributed by atoms with Crippen molar-refractivity contribution in [1.82, 2.24) is 16.0 Å². The first-order chi connectivity index (χ1) is 17.5. The Morgan fingerprint density at radius 2 is 1.14 bits per heavy atom. The fraction of sp³-hybridized carbons (Fsp3) is 0.333. The maximum atomic E-state index is 13.0. The molecule has 2 aromatic carbocycles. The second kappa shape index (κ2) is 14.1. The monoisotopic (exact) mass is 534 g/mol. The van der Waals surface area contributed by atoms with E-state index in [4.69, 9.17) is 10.8 Å². The number of aliphatic carboxylic acids is 1. The van der Waals surface area contributed by atoms with Crippen LogP contribution in [0.3, 0.4) is 0 Å². The highest BCUT2D eigenvalue weighted by Crippen LogP contribution is 2.13. The molecule has 0 saturated carbocycles. The molecule has 200 valence electrons. The van der Waals surface area contributed by atoms with E-state index in [-0.39, 0.29) is 30.1 Å². The number of aliphatic hydroxyl groups excluding tert-OH is 1. The topological polar surface area (TPSA) is 211 Å². The predicted octanol–water partition coefficient (Wildman–Crippen LogP) is -1.33. The summed E-state index contributed by atoms with van der Waals surface area (Å²) < 4.78 is 0. The van der Waals surface area contributed by atoms with E-state index in [2.05, 4.69) is 28.6 Å². The molecule has 0 fully saturated rings. The number of aliphatic hydroxyl groups is 1. The molecule has 0 aliphatic heterocycles. The number of rotatable bonds is 13. The van der Waals surface area contributed by atoms with E-state index >= 15 is 0 Å². The lowest BCUT2D eigenvalue weighted by atomic mass is 10.0. The molecule has 3 amide bonds. The quantitative estimate of drug-likeness (QED) is 0.139. The van der Waals surface area contributed by atoms with Crippen molar-refractivity contribution in [2.75, 3.05) is 12.4 Å². The van der Waals surface area contributed by atoms with Gasteiger partial charge in [0.15, 0.2) is 0 Å². The lowest BCUT2D eigenvalue weighted by Crippen LogP contribution is -2.58. The highest BCUT2D eigenvalue weighted by Gasteiger charge is 2.30. The second-order valence-electron chi connectivity index (χ2n) is 8.23. The van der Waals surface area contributed by atoms with Crippen LogP contribution in [-0.2, 0) is 32.0 Å². The molecule has 0 radical (unpaired) electrons. The minimum Gasteiger partial charge on any atom is -0.508 e. The number of nitrogens with one attached hydrogen (secondary N) is 3. The highest BCUT2D eigenvalue weighted by molar-refractivity contribution is 7.80. The van der Waals surface area contributed by atoms with Crippen LogP contribution in [-0.4, -0.2) is 80.6 Å². The van der Waals surface area contributed by atoms with E-state index in [0.29, 0.717) is 11.1 Å². The van der Waals surface area contributed by atoms with Gasteiger partial charge in [-0.05, 0) is 35.4 Å². The average Bonchev–Trinajstić information content (AvgIpc) is 2.87. The fourth-order valence-electron chi connectivity index (χ4n) is 3.25. The standard InChI is InChI=1S/C24H30N4O8S/c25-17(11-29)21(32)26-18(9-13-1-5-15(30)6-2-13)22(33)28-20(12-37)23(34)27-19(24(35)36)10-14-3-7-16(31)8-4-14/h1-8,17-20,29-31,37H,9-12,25H2,(H,26,32)(H,27,34)(H,28,33)(H,35,36). The summed E-state index contributed by atoms with van der Waals surface area (Å²) in [6.45, 7) is -0.654. The van der Waals surface area contributed by atoms with Gasteiger partial charge in [-0.15, -0.1) is 0 Å². The molecule has 0 aromatic heterocycles. The summed E-state index contributed by atoms with van der Waals surface area (Å²) in [5.41, 5.74) is 6.66. The molecule has 37 heavy (non-hydrogen) atoms. The van der Waals surface area contributed by atoms with Crippen LogP contribution in [0.4, 0.5) is 0 Å². The fourth-order valence-corrected chi connectivity index (χ4v) is 3.50. The van der Waals surface area contributed by atoms with Gasteiger partial charge in [-0.2, -0.15) is 12.6 Å². The van der Waals surface area contributed by atoms with Crippen molar-refractivity contribution < 1.29 is 39.6 Å². The number of carboxylic acid groups (broad SMARTS) is 1. The van der Waals surface area contributed by atoms with Gasteiger partial charge in [0, 0.05) is 18.6 Å². The number of carbonyl (C=O) groups excluding carboxylic acids is 3. The molecule has 0 aliphatic rings. The molecule has 9 N–H and O–H groups in total. The summed E-state index contributed by atoms with van der Waals surface area (Å²) in [7, 11) is 0. The number of carboxylic acids is 1. The molecule has 13 heteroatoms. The van der Waals surface area contributed by atoms with Crippen molar-refractivity contribution in [1.29, 1.82) is 0 Å². The van der Waals surface area contributed by atoms with E-state index in [0.717, 1.165) is 0 Å². The van der Waals surface area contributed by atoms with Crippen LogP contribution in [0.15, 0.2) is 48.5 Å². The Kier molecular flexibility index (Phi) is 11.2. The van der Waals surface area contributed by atoms with E-state index in [9.17, 15) is 34.5 Å².